The second kappa shape index (κ2) is 4.83. The molecule has 0 amide bonds. The SMILES string of the molecule is CC(C)CN(C)CC1CCCN1. The van der Waals surface area contributed by atoms with E-state index in [9.17, 15) is 0 Å². The van der Waals surface area contributed by atoms with Crippen LogP contribution in [-0.2, 0) is 0 Å². The van der Waals surface area contributed by atoms with Crippen LogP contribution < -0.4 is 5.32 Å². The van der Waals surface area contributed by atoms with Crippen molar-refractivity contribution in [3.8, 4) is 0 Å². The second-order valence-electron chi connectivity index (χ2n) is 4.41. The Morgan fingerprint density at radius 2 is 2.25 bits per heavy atom. The largest absolute Gasteiger partial charge is 0.313 e. The average Bonchev–Trinajstić information content (AvgIpc) is 2.37. The molecule has 0 saturated carbocycles. The van der Waals surface area contributed by atoms with Crippen LogP contribution >= 0.6 is 0 Å². The van der Waals surface area contributed by atoms with Gasteiger partial charge in [0, 0.05) is 19.1 Å². The van der Waals surface area contributed by atoms with Crippen LogP contribution in [0.3, 0.4) is 0 Å². The Kier molecular flexibility index (Phi) is 4.02. The van der Waals surface area contributed by atoms with Gasteiger partial charge in [-0.15, -0.1) is 0 Å². The summed E-state index contributed by atoms with van der Waals surface area (Å²) in [4.78, 5) is 2.44. The molecule has 0 bridgehead atoms. The topological polar surface area (TPSA) is 15.3 Å². The van der Waals surface area contributed by atoms with Gasteiger partial charge < -0.3 is 10.2 Å². The van der Waals surface area contributed by atoms with E-state index in [1.807, 2.05) is 0 Å². The number of hydrogen-bond donors (Lipinski definition) is 1. The lowest BCUT2D eigenvalue weighted by atomic mass is 10.2. The summed E-state index contributed by atoms with van der Waals surface area (Å²) in [7, 11) is 2.22. The van der Waals surface area contributed by atoms with E-state index in [0.29, 0.717) is 0 Å². The van der Waals surface area contributed by atoms with E-state index >= 15 is 0 Å². The van der Waals surface area contributed by atoms with Gasteiger partial charge in [0.25, 0.3) is 0 Å². The van der Waals surface area contributed by atoms with Gasteiger partial charge in [0.1, 0.15) is 0 Å². The van der Waals surface area contributed by atoms with Crippen LogP contribution in [-0.4, -0.2) is 37.6 Å². The first-order chi connectivity index (χ1) is 5.68. The van der Waals surface area contributed by atoms with Gasteiger partial charge in [-0.3, -0.25) is 0 Å². The fourth-order valence-electron chi connectivity index (χ4n) is 1.99. The maximum absolute atomic E-state index is 3.52. The lowest BCUT2D eigenvalue weighted by Gasteiger charge is -2.22. The second-order valence-corrected chi connectivity index (χ2v) is 4.41. The lowest BCUT2D eigenvalue weighted by Crippen LogP contribution is -2.36. The molecule has 1 unspecified atom stereocenters. The zero-order valence-corrected chi connectivity index (χ0v) is 8.64. The molecule has 72 valence electrons. The zero-order valence-electron chi connectivity index (χ0n) is 8.64. The Morgan fingerprint density at radius 1 is 1.50 bits per heavy atom. The third-order valence-corrected chi connectivity index (χ3v) is 2.37. The van der Waals surface area contributed by atoms with Crippen molar-refractivity contribution < 1.29 is 0 Å². The van der Waals surface area contributed by atoms with Crippen molar-refractivity contribution in [1.29, 1.82) is 0 Å². The standard InChI is InChI=1S/C10H22N2/c1-9(2)7-12(3)8-10-5-4-6-11-10/h9-11H,4-8H2,1-3H3. The van der Waals surface area contributed by atoms with Crippen molar-refractivity contribution in [2.75, 3.05) is 26.7 Å². The quantitative estimate of drug-likeness (QED) is 0.684. The highest BCUT2D eigenvalue weighted by Gasteiger charge is 2.15. The lowest BCUT2D eigenvalue weighted by molar-refractivity contribution is 0.270. The molecule has 1 rings (SSSR count). The number of likely N-dealkylation sites (N-methyl/N-ethyl adjacent to an activating group) is 1. The fourth-order valence-corrected chi connectivity index (χ4v) is 1.99. The van der Waals surface area contributed by atoms with Crippen LogP contribution in [0.4, 0.5) is 0 Å². The zero-order chi connectivity index (χ0) is 8.97. The average molecular weight is 170 g/mol. The first-order valence-corrected chi connectivity index (χ1v) is 5.10. The maximum Gasteiger partial charge on any atom is 0.0195 e. The summed E-state index contributed by atoms with van der Waals surface area (Å²) in [5.41, 5.74) is 0. The van der Waals surface area contributed by atoms with Crippen LogP contribution in [0.15, 0.2) is 0 Å². The van der Waals surface area contributed by atoms with E-state index in [-0.39, 0.29) is 0 Å². The molecule has 1 aliphatic rings. The summed E-state index contributed by atoms with van der Waals surface area (Å²) in [5, 5.41) is 3.52. The molecule has 1 heterocycles. The summed E-state index contributed by atoms with van der Waals surface area (Å²) in [6.07, 6.45) is 2.72. The van der Waals surface area contributed by atoms with Gasteiger partial charge in [-0.2, -0.15) is 0 Å². The molecule has 1 fully saturated rings. The summed E-state index contributed by atoms with van der Waals surface area (Å²) in [6.45, 7) is 8.22. The Balaban J connectivity index is 2.11. The third-order valence-electron chi connectivity index (χ3n) is 2.37. The molecular weight excluding hydrogens is 148 g/mol. The normalized spacial score (nSPS) is 24.2. The summed E-state index contributed by atoms with van der Waals surface area (Å²) in [6, 6.07) is 0.758. The summed E-state index contributed by atoms with van der Waals surface area (Å²) >= 11 is 0. The van der Waals surface area contributed by atoms with E-state index in [4.69, 9.17) is 0 Å². The molecule has 0 spiro atoms. The van der Waals surface area contributed by atoms with E-state index < -0.39 is 0 Å². The van der Waals surface area contributed by atoms with Gasteiger partial charge in [-0.05, 0) is 32.4 Å². The molecule has 0 radical (unpaired) electrons. The molecule has 2 nitrogen and oxygen atoms in total. The number of hydrogen-bond acceptors (Lipinski definition) is 2. The molecule has 0 aromatic heterocycles. The van der Waals surface area contributed by atoms with Crippen molar-refractivity contribution in [2.24, 2.45) is 5.92 Å². The van der Waals surface area contributed by atoms with E-state index in [1.54, 1.807) is 0 Å². The minimum Gasteiger partial charge on any atom is -0.313 e. The van der Waals surface area contributed by atoms with Gasteiger partial charge in [0.05, 0.1) is 0 Å². The molecule has 0 aromatic rings. The minimum absolute atomic E-state index is 0.758. The van der Waals surface area contributed by atoms with Crippen molar-refractivity contribution >= 4 is 0 Å². The predicted molar refractivity (Wildman–Crippen MR) is 53.4 cm³/mol. The van der Waals surface area contributed by atoms with Crippen LogP contribution in [0.5, 0.6) is 0 Å². The smallest absolute Gasteiger partial charge is 0.0195 e. The Hall–Kier alpha value is -0.0800. The first kappa shape index (κ1) is 10.0. The molecule has 1 N–H and O–H groups in total. The highest BCUT2D eigenvalue weighted by molar-refractivity contribution is 4.76. The molecule has 0 aliphatic carbocycles. The van der Waals surface area contributed by atoms with Crippen LogP contribution in [0.2, 0.25) is 0 Å². The van der Waals surface area contributed by atoms with Gasteiger partial charge in [0.2, 0.25) is 0 Å². The summed E-state index contributed by atoms with van der Waals surface area (Å²) in [5.74, 6) is 0.788. The van der Waals surface area contributed by atoms with Crippen molar-refractivity contribution in [1.82, 2.24) is 10.2 Å². The van der Waals surface area contributed by atoms with Gasteiger partial charge in [-0.1, -0.05) is 13.8 Å². The minimum atomic E-state index is 0.758. The van der Waals surface area contributed by atoms with Gasteiger partial charge in [0.15, 0.2) is 0 Å². The summed E-state index contributed by atoms with van der Waals surface area (Å²) < 4.78 is 0. The Labute approximate surface area is 76.3 Å². The maximum atomic E-state index is 3.52. The number of nitrogens with one attached hydrogen (secondary N) is 1. The monoisotopic (exact) mass is 170 g/mol. The van der Waals surface area contributed by atoms with Crippen LogP contribution in [0.1, 0.15) is 26.7 Å². The first-order valence-electron chi connectivity index (χ1n) is 5.10. The van der Waals surface area contributed by atoms with E-state index in [1.165, 1.54) is 32.5 Å². The van der Waals surface area contributed by atoms with Crippen molar-refractivity contribution in [3.63, 3.8) is 0 Å². The van der Waals surface area contributed by atoms with Crippen LogP contribution in [0.25, 0.3) is 0 Å². The molecule has 1 atom stereocenters. The van der Waals surface area contributed by atoms with Gasteiger partial charge >= 0.3 is 0 Å². The molecular formula is C10H22N2. The van der Waals surface area contributed by atoms with E-state index in [2.05, 4.69) is 31.1 Å². The highest BCUT2D eigenvalue weighted by Crippen LogP contribution is 2.06. The van der Waals surface area contributed by atoms with Crippen molar-refractivity contribution in [2.45, 2.75) is 32.7 Å². The highest BCUT2D eigenvalue weighted by atomic mass is 15.1. The molecule has 1 saturated heterocycles. The van der Waals surface area contributed by atoms with Crippen LogP contribution in [0, 0.1) is 5.92 Å². The predicted octanol–water partition coefficient (Wildman–Crippen LogP) is 1.33. The molecule has 1 aliphatic heterocycles. The Morgan fingerprint density at radius 3 is 2.75 bits per heavy atom. The molecule has 0 aromatic carbocycles. The van der Waals surface area contributed by atoms with Gasteiger partial charge in [-0.25, -0.2) is 0 Å². The number of rotatable bonds is 4. The Bertz CT molecular complexity index is 117. The third kappa shape index (κ3) is 3.55. The van der Waals surface area contributed by atoms with Crippen molar-refractivity contribution in [3.05, 3.63) is 0 Å². The fraction of sp³-hybridized carbons (Fsp3) is 1.00. The van der Waals surface area contributed by atoms with E-state index in [0.717, 1.165) is 12.0 Å². The molecule has 2 heteroatoms. The number of nitrogens with zero attached hydrogens (tertiary/aromatic N) is 1. The molecule has 12 heavy (non-hydrogen) atoms.